The lowest BCUT2D eigenvalue weighted by molar-refractivity contribution is 0.453. The molecule has 0 bridgehead atoms. The Bertz CT molecular complexity index is 1160. The molecule has 0 saturated heterocycles. The third kappa shape index (κ3) is 5.11. The van der Waals surface area contributed by atoms with Gasteiger partial charge in [-0.15, -0.1) is 0 Å². The molecule has 3 N–H and O–H groups in total. The number of hydrogen-bond donors (Lipinski definition) is 3. The Morgan fingerprint density at radius 2 is 1.81 bits per heavy atom. The van der Waals surface area contributed by atoms with E-state index in [1.54, 1.807) is 12.1 Å². The van der Waals surface area contributed by atoms with E-state index in [1.165, 1.54) is 11.8 Å². The van der Waals surface area contributed by atoms with Crippen molar-refractivity contribution < 1.29 is 8.42 Å². The van der Waals surface area contributed by atoms with Gasteiger partial charge in [0.05, 0.1) is 22.7 Å². The highest BCUT2D eigenvalue weighted by molar-refractivity contribution is 7.90. The van der Waals surface area contributed by atoms with Crippen LogP contribution in [0.4, 0.5) is 11.5 Å². The number of pyridine rings is 1. The van der Waals surface area contributed by atoms with Gasteiger partial charge in [-0.1, -0.05) is 49.4 Å². The number of nitrogens with zero attached hydrogens (tertiary/aromatic N) is 1. The van der Waals surface area contributed by atoms with Crippen molar-refractivity contribution in [1.82, 2.24) is 10.3 Å². The Morgan fingerprint density at radius 3 is 2.50 bits per heavy atom. The number of anilines is 2. The van der Waals surface area contributed by atoms with Crippen molar-refractivity contribution in [3.05, 3.63) is 83.6 Å². The predicted octanol–water partition coefficient (Wildman–Crippen LogP) is 4.13. The maximum Gasteiger partial charge on any atom is 0.175 e. The minimum absolute atomic E-state index is 0.0812. The highest BCUT2D eigenvalue weighted by Crippen LogP contribution is 2.30. The van der Waals surface area contributed by atoms with E-state index in [9.17, 15) is 8.42 Å². The third-order valence-corrected chi connectivity index (χ3v) is 7.07. The SMILES string of the molecule is Cc1cnc2c(c1)NC[C@H]([C@H](NC[C@@H](C)c1ccc(S(C)(=O)=O)cc1)c1ccccc1)N2. The normalized spacial score (nSPS) is 17.5. The molecule has 1 aliphatic rings. The van der Waals surface area contributed by atoms with Gasteiger partial charge in [-0.05, 0) is 47.7 Å². The molecule has 0 saturated carbocycles. The number of nitrogens with one attached hydrogen (secondary N) is 3. The second-order valence-electron chi connectivity index (χ2n) is 8.58. The Morgan fingerprint density at radius 1 is 1.09 bits per heavy atom. The van der Waals surface area contributed by atoms with Crippen LogP contribution in [0.2, 0.25) is 0 Å². The minimum Gasteiger partial charge on any atom is -0.380 e. The minimum atomic E-state index is -3.19. The summed E-state index contributed by atoms with van der Waals surface area (Å²) in [6, 6.07) is 19.9. The molecule has 3 atom stereocenters. The van der Waals surface area contributed by atoms with Crippen molar-refractivity contribution in [2.75, 3.05) is 30.0 Å². The van der Waals surface area contributed by atoms with Crippen LogP contribution in [0.5, 0.6) is 0 Å². The molecule has 7 heteroatoms. The first kappa shape index (κ1) is 22.3. The predicted molar refractivity (Wildman–Crippen MR) is 130 cm³/mol. The van der Waals surface area contributed by atoms with Gasteiger partial charge in [0.25, 0.3) is 0 Å². The largest absolute Gasteiger partial charge is 0.380 e. The summed E-state index contributed by atoms with van der Waals surface area (Å²) in [5, 5.41) is 10.9. The molecule has 1 aromatic heterocycles. The van der Waals surface area contributed by atoms with Gasteiger partial charge in [-0.2, -0.15) is 0 Å². The number of rotatable bonds is 7. The molecule has 0 amide bonds. The van der Waals surface area contributed by atoms with Gasteiger partial charge >= 0.3 is 0 Å². The molecule has 6 nitrogen and oxygen atoms in total. The Hall–Kier alpha value is -2.90. The molecule has 0 unspecified atom stereocenters. The van der Waals surface area contributed by atoms with Crippen molar-refractivity contribution in [2.45, 2.75) is 36.7 Å². The molecule has 2 aromatic carbocycles. The molecule has 0 aliphatic carbocycles. The summed E-state index contributed by atoms with van der Waals surface area (Å²) < 4.78 is 23.5. The van der Waals surface area contributed by atoms with Gasteiger partial charge in [-0.25, -0.2) is 13.4 Å². The Kier molecular flexibility index (Phi) is 6.48. The average molecular weight is 451 g/mol. The Labute approximate surface area is 190 Å². The van der Waals surface area contributed by atoms with Crippen molar-refractivity contribution in [1.29, 1.82) is 0 Å². The van der Waals surface area contributed by atoms with E-state index < -0.39 is 9.84 Å². The fourth-order valence-corrected chi connectivity index (χ4v) is 4.72. The van der Waals surface area contributed by atoms with Crippen LogP contribution in [0.1, 0.15) is 35.6 Å². The van der Waals surface area contributed by atoms with E-state index >= 15 is 0 Å². The number of fused-ring (bicyclic) bond motifs is 1. The lowest BCUT2D eigenvalue weighted by Crippen LogP contribution is -2.45. The molecule has 1 aliphatic heterocycles. The number of benzene rings is 2. The van der Waals surface area contributed by atoms with Crippen LogP contribution < -0.4 is 16.0 Å². The van der Waals surface area contributed by atoms with Crippen LogP contribution in [0.3, 0.4) is 0 Å². The van der Waals surface area contributed by atoms with E-state index in [0.29, 0.717) is 4.90 Å². The maximum absolute atomic E-state index is 11.7. The van der Waals surface area contributed by atoms with Gasteiger partial charge in [0.2, 0.25) is 0 Å². The summed E-state index contributed by atoms with van der Waals surface area (Å²) in [4.78, 5) is 4.91. The van der Waals surface area contributed by atoms with Crippen LogP contribution in [0.25, 0.3) is 0 Å². The quantitative estimate of drug-likeness (QED) is 0.502. The molecule has 0 radical (unpaired) electrons. The second-order valence-corrected chi connectivity index (χ2v) is 10.6. The molecule has 2 heterocycles. The number of hydrogen-bond acceptors (Lipinski definition) is 6. The Balaban J connectivity index is 1.50. The van der Waals surface area contributed by atoms with E-state index in [0.717, 1.165) is 35.7 Å². The first-order valence-electron chi connectivity index (χ1n) is 10.9. The molecule has 3 aromatic rings. The highest BCUT2D eigenvalue weighted by atomic mass is 32.2. The third-order valence-electron chi connectivity index (χ3n) is 5.94. The summed E-state index contributed by atoms with van der Waals surface area (Å²) in [6.45, 7) is 5.72. The van der Waals surface area contributed by atoms with Gasteiger partial charge in [0.1, 0.15) is 5.82 Å². The van der Waals surface area contributed by atoms with Gasteiger partial charge in [0, 0.05) is 25.5 Å². The van der Waals surface area contributed by atoms with Crippen LogP contribution in [-0.2, 0) is 9.84 Å². The van der Waals surface area contributed by atoms with Crippen molar-refractivity contribution in [3.63, 3.8) is 0 Å². The van der Waals surface area contributed by atoms with Gasteiger partial charge < -0.3 is 16.0 Å². The number of sulfone groups is 1. The summed E-state index contributed by atoms with van der Waals surface area (Å²) in [5.74, 6) is 1.10. The molecular weight excluding hydrogens is 420 g/mol. The summed E-state index contributed by atoms with van der Waals surface area (Å²) >= 11 is 0. The van der Waals surface area contributed by atoms with Crippen LogP contribution in [0.15, 0.2) is 71.8 Å². The maximum atomic E-state index is 11.7. The second kappa shape index (κ2) is 9.30. The topological polar surface area (TPSA) is 83.1 Å². The number of aromatic nitrogens is 1. The van der Waals surface area contributed by atoms with E-state index in [-0.39, 0.29) is 18.0 Å². The summed E-state index contributed by atoms with van der Waals surface area (Å²) in [5.41, 5.74) is 4.48. The van der Waals surface area contributed by atoms with Crippen LogP contribution >= 0.6 is 0 Å². The molecule has 168 valence electrons. The van der Waals surface area contributed by atoms with E-state index in [1.807, 2.05) is 31.3 Å². The van der Waals surface area contributed by atoms with Crippen molar-refractivity contribution in [3.8, 4) is 0 Å². The lowest BCUT2D eigenvalue weighted by atomic mass is 9.95. The first-order chi connectivity index (χ1) is 15.3. The van der Waals surface area contributed by atoms with E-state index in [4.69, 9.17) is 0 Å². The van der Waals surface area contributed by atoms with Gasteiger partial charge in [0.15, 0.2) is 9.84 Å². The van der Waals surface area contributed by atoms with Crippen molar-refractivity contribution >= 4 is 21.3 Å². The molecule has 0 spiro atoms. The molecular formula is C25H30N4O2S. The molecule has 0 fully saturated rings. The van der Waals surface area contributed by atoms with Crippen molar-refractivity contribution in [2.24, 2.45) is 0 Å². The summed E-state index contributed by atoms with van der Waals surface area (Å²) in [6.07, 6.45) is 3.11. The smallest absolute Gasteiger partial charge is 0.175 e. The zero-order valence-electron chi connectivity index (χ0n) is 18.7. The standard InChI is InChI=1S/C25H30N4O2S/c1-17-13-22-25(28-14-17)29-23(16-26-22)24(20-7-5-4-6-8-20)27-15-18(2)19-9-11-21(12-10-19)32(3,30)31/h4-14,18,23-24,26-27H,15-16H2,1-3H3,(H,28,29)/t18-,23-,24-/m1/s1. The first-order valence-corrected chi connectivity index (χ1v) is 12.8. The lowest BCUT2D eigenvalue weighted by Gasteiger charge is -2.35. The monoisotopic (exact) mass is 450 g/mol. The zero-order chi connectivity index (χ0) is 22.7. The number of aryl methyl sites for hydroxylation is 1. The van der Waals surface area contributed by atoms with E-state index in [2.05, 4.69) is 58.2 Å². The van der Waals surface area contributed by atoms with Crippen LogP contribution in [-0.4, -0.2) is 38.8 Å². The fraction of sp³-hybridized carbons (Fsp3) is 0.320. The molecule has 32 heavy (non-hydrogen) atoms. The van der Waals surface area contributed by atoms with Crippen LogP contribution in [0, 0.1) is 6.92 Å². The fourth-order valence-electron chi connectivity index (χ4n) is 4.08. The summed E-state index contributed by atoms with van der Waals surface area (Å²) in [7, 11) is -3.19. The van der Waals surface area contributed by atoms with Gasteiger partial charge in [-0.3, -0.25) is 0 Å². The highest BCUT2D eigenvalue weighted by Gasteiger charge is 2.28. The zero-order valence-corrected chi connectivity index (χ0v) is 19.5. The molecule has 4 rings (SSSR count). The average Bonchev–Trinajstić information content (AvgIpc) is 2.79.